The van der Waals surface area contributed by atoms with Gasteiger partial charge in [0.1, 0.15) is 0 Å². The minimum absolute atomic E-state index is 1.06. The Bertz CT molecular complexity index is 387. The van der Waals surface area contributed by atoms with Crippen LogP contribution in [0.3, 0.4) is 0 Å². The van der Waals surface area contributed by atoms with E-state index in [1.54, 1.807) is 0 Å². The summed E-state index contributed by atoms with van der Waals surface area (Å²) in [5.74, 6) is 0. The molecule has 0 unspecified atom stereocenters. The molecule has 2 rings (SSSR count). The second kappa shape index (κ2) is 2.09. The number of fused-ring (bicyclic) bond motifs is 1. The van der Waals surface area contributed by atoms with Crippen molar-refractivity contribution in [1.82, 2.24) is 9.97 Å². The lowest BCUT2D eigenvalue weighted by Crippen LogP contribution is -1.84. The highest BCUT2D eigenvalue weighted by Gasteiger charge is 1.98. The van der Waals surface area contributed by atoms with E-state index in [1.165, 1.54) is 5.56 Å². The van der Waals surface area contributed by atoms with Gasteiger partial charge in [-0.05, 0) is 31.5 Å². The topological polar surface area (TPSA) is 28.7 Å². The van der Waals surface area contributed by atoms with Crippen molar-refractivity contribution in [2.75, 3.05) is 0 Å². The summed E-state index contributed by atoms with van der Waals surface area (Å²) in [5, 5.41) is 0. The molecule has 0 aliphatic carbocycles. The first-order valence-electron chi connectivity index (χ1n) is 3.69. The van der Waals surface area contributed by atoms with Crippen molar-refractivity contribution < 1.29 is 0 Å². The minimum Gasteiger partial charge on any atom is -0.360 e. The van der Waals surface area contributed by atoms with Crippen LogP contribution in [-0.4, -0.2) is 9.97 Å². The number of aromatic nitrogens is 2. The van der Waals surface area contributed by atoms with Crippen LogP contribution >= 0.6 is 0 Å². The van der Waals surface area contributed by atoms with E-state index in [9.17, 15) is 0 Å². The lowest BCUT2D eigenvalue weighted by molar-refractivity contribution is 1.23. The molecule has 0 radical (unpaired) electrons. The maximum Gasteiger partial charge on any atom is 0.0884 e. The molecule has 0 fully saturated rings. The van der Waals surface area contributed by atoms with Gasteiger partial charge in [0.2, 0.25) is 0 Å². The molecule has 0 atom stereocenters. The van der Waals surface area contributed by atoms with Crippen LogP contribution in [-0.2, 0) is 0 Å². The summed E-state index contributed by atoms with van der Waals surface area (Å²) >= 11 is 0. The fourth-order valence-electron chi connectivity index (χ4n) is 1.38. The third-order valence-electron chi connectivity index (χ3n) is 1.84. The molecule has 0 aliphatic heterocycles. The van der Waals surface area contributed by atoms with Crippen LogP contribution in [0.5, 0.6) is 0 Å². The Morgan fingerprint density at radius 2 is 2.18 bits per heavy atom. The number of hydrogen-bond donors (Lipinski definition) is 1. The standard InChI is InChI=1S/C9H10N2/c1-6-5-7(2)11-8-3-4-10-9(6)8/h3-5,10H,1-2H3. The zero-order valence-electron chi connectivity index (χ0n) is 6.68. The Morgan fingerprint density at radius 1 is 1.36 bits per heavy atom. The largest absolute Gasteiger partial charge is 0.360 e. The van der Waals surface area contributed by atoms with E-state index in [1.807, 2.05) is 19.2 Å². The Morgan fingerprint density at radius 3 is 3.00 bits per heavy atom. The molecule has 0 bridgehead atoms. The first kappa shape index (κ1) is 6.40. The highest BCUT2D eigenvalue weighted by molar-refractivity contribution is 5.78. The summed E-state index contributed by atoms with van der Waals surface area (Å²) in [6.07, 6.45) is 1.92. The molecular weight excluding hydrogens is 136 g/mol. The number of aromatic amines is 1. The summed E-state index contributed by atoms with van der Waals surface area (Å²) in [6.45, 7) is 4.10. The molecule has 2 aromatic rings. The average molecular weight is 146 g/mol. The van der Waals surface area contributed by atoms with E-state index >= 15 is 0 Å². The lowest BCUT2D eigenvalue weighted by atomic mass is 10.2. The van der Waals surface area contributed by atoms with Crippen molar-refractivity contribution >= 4 is 11.0 Å². The molecule has 0 spiro atoms. The lowest BCUT2D eigenvalue weighted by Gasteiger charge is -1.96. The van der Waals surface area contributed by atoms with Gasteiger partial charge in [0.05, 0.1) is 11.0 Å². The van der Waals surface area contributed by atoms with Crippen molar-refractivity contribution in [3.8, 4) is 0 Å². The maximum absolute atomic E-state index is 4.37. The van der Waals surface area contributed by atoms with Gasteiger partial charge in [0, 0.05) is 11.9 Å². The van der Waals surface area contributed by atoms with Gasteiger partial charge in [-0.15, -0.1) is 0 Å². The SMILES string of the molecule is Cc1cc(C)c2[nH]ccc2n1. The molecular formula is C9H10N2. The molecule has 2 aromatic heterocycles. The van der Waals surface area contributed by atoms with Crippen LogP contribution < -0.4 is 0 Å². The van der Waals surface area contributed by atoms with Crippen molar-refractivity contribution in [3.63, 3.8) is 0 Å². The fourth-order valence-corrected chi connectivity index (χ4v) is 1.38. The number of rotatable bonds is 0. The second-order valence-corrected chi connectivity index (χ2v) is 2.82. The predicted molar refractivity (Wildman–Crippen MR) is 45.6 cm³/mol. The molecule has 2 heteroatoms. The number of nitrogens with one attached hydrogen (secondary N) is 1. The molecule has 2 heterocycles. The first-order chi connectivity index (χ1) is 5.27. The third kappa shape index (κ3) is 0.909. The van der Waals surface area contributed by atoms with E-state index in [-0.39, 0.29) is 0 Å². The summed E-state index contributed by atoms with van der Waals surface area (Å²) in [5.41, 5.74) is 4.55. The summed E-state index contributed by atoms with van der Waals surface area (Å²) in [6, 6.07) is 4.08. The Hall–Kier alpha value is -1.31. The molecule has 56 valence electrons. The monoisotopic (exact) mass is 146 g/mol. The van der Waals surface area contributed by atoms with Gasteiger partial charge in [0.25, 0.3) is 0 Å². The van der Waals surface area contributed by atoms with Crippen LogP contribution in [0, 0.1) is 13.8 Å². The van der Waals surface area contributed by atoms with Crippen LogP contribution in [0.2, 0.25) is 0 Å². The molecule has 0 saturated carbocycles. The quantitative estimate of drug-likeness (QED) is 0.606. The Labute approximate surface area is 65.3 Å². The van der Waals surface area contributed by atoms with E-state index in [2.05, 4.69) is 23.0 Å². The molecule has 2 nitrogen and oxygen atoms in total. The molecule has 0 amide bonds. The summed E-state index contributed by atoms with van der Waals surface area (Å²) < 4.78 is 0. The van der Waals surface area contributed by atoms with E-state index in [4.69, 9.17) is 0 Å². The summed E-state index contributed by atoms with van der Waals surface area (Å²) in [4.78, 5) is 7.52. The summed E-state index contributed by atoms with van der Waals surface area (Å²) in [7, 11) is 0. The van der Waals surface area contributed by atoms with E-state index in [0.717, 1.165) is 16.7 Å². The molecule has 1 N–H and O–H groups in total. The number of aryl methyl sites for hydroxylation is 2. The zero-order chi connectivity index (χ0) is 7.84. The fraction of sp³-hybridized carbons (Fsp3) is 0.222. The smallest absolute Gasteiger partial charge is 0.0884 e. The van der Waals surface area contributed by atoms with Gasteiger partial charge >= 0.3 is 0 Å². The predicted octanol–water partition coefficient (Wildman–Crippen LogP) is 2.18. The van der Waals surface area contributed by atoms with Gasteiger partial charge in [-0.1, -0.05) is 0 Å². The van der Waals surface area contributed by atoms with Crippen LogP contribution in [0.1, 0.15) is 11.3 Å². The number of nitrogens with zero attached hydrogens (tertiary/aromatic N) is 1. The van der Waals surface area contributed by atoms with Gasteiger partial charge in [0.15, 0.2) is 0 Å². The van der Waals surface area contributed by atoms with Gasteiger partial charge < -0.3 is 4.98 Å². The first-order valence-corrected chi connectivity index (χ1v) is 3.69. The normalized spacial score (nSPS) is 10.7. The molecule has 0 aliphatic rings. The van der Waals surface area contributed by atoms with E-state index in [0.29, 0.717) is 0 Å². The van der Waals surface area contributed by atoms with Crippen molar-refractivity contribution in [3.05, 3.63) is 29.6 Å². The van der Waals surface area contributed by atoms with Crippen LogP contribution in [0.15, 0.2) is 18.3 Å². The zero-order valence-corrected chi connectivity index (χ0v) is 6.68. The third-order valence-corrected chi connectivity index (χ3v) is 1.84. The molecule has 11 heavy (non-hydrogen) atoms. The Kier molecular flexibility index (Phi) is 1.22. The van der Waals surface area contributed by atoms with Gasteiger partial charge in [-0.25, -0.2) is 0 Å². The van der Waals surface area contributed by atoms with Crippen LogP contribution in [0.4, 0.5) is 0 Å². The van der Waals surface area contributed by atoms with Crippen LogP contribution in [0.25, 0.3) is 11.0 Å². The van der Waals surface area contributed by atoms with Crippen molar-refractivity contribution in [1.29, 1.82) is 0 Å². The highest BCUT2D eigenvalue weighted by atomic mass is 14.8. The molecule has 0 saturated heterocycles. The molecule has 0 aromatic carbocycles. The number of H-pyrrole nitrogens is 1. The number of hydrogen-bond acceptors (Lipinski definition) is 1. The maximum atomic E-state index is 4.37. The average Bonchev–Trinajstić information content (AvgIpc) is 2.34. The minimum atomic E-state index is 1.06. The van der Waals surface area contributed by atoms with Crippen molar-refractivity contribution in [2.45, 2.75) is 13.8 Å². The van der Waals surface area contributed by atoms with Gasteiger partial charge in [-0.3, -0.25) is 4.98 Å². The van der Waals surface area contributed by atoms with Gasteiger partial charge in [-0.2, -0.15) is 0 Å². The second-order valence-electron chi connectivity index (χ2n) is 2.82. The highest BCUT2D eigenvalue weighted by Crippen LogP contribution is 2.14. The number of pyridine rings is 1. The Balaban J connectivity index is 2.91. The van der Waals surface area contributed by atoms with Crippen molar-refractivity contribution in [2.24, 2.45) is 0 Å². The van der Waals surface area contributed by atoms with E-state index < -0.39 is 0 Å².